The second kappa shape index (κ2) is 5.56. The summed E-state index contributed by atoms with van der Waals surface area (Å²) in [6.07, 6.45) is 2.12. The smallest absolute Gasteiger partial charge is 0.119 e. The summed E-state index contributed by atoms with van der Waals surface area (Å²) in [6.45, 7) is 0. The monoisotopic (exact) mass is 402 g/mol. The maximum absolute atomic E-state index is 10.3. The second-order valence-electron chi connectivity index (χ2n) is 4.56. The summed E-state index contributed by atoms with van der Waals surface area (Å²) in [5, 5.41) is 10.3. The van der Waals surface area contributed by atoms with Crippen LogP contribution in [0.3, 0.4) is 0 Å². The van der Waals surface area contributed by atoms with Crippen LogP contribution in [0.15, 0.2) is 38.6 Å². The van der Waals surface area contributed by atoms with Crippen molar-refractivity contribution >= 4 is 43.2 Å². The van der Waals surface area contributed by atoms with Gasteiger partial charge in [0.25, 0.3) is 0 Å². The van der Waals surface area contributed by atoms with E-state index in [9.17, 15) is 5.11 Å². The topological polar surface area (TPSA) is 29.5 Å². The summed E-state index contributed by atoms with van der Waals surface area (Å²) in [7, 11) is 0. The fourth-order valence-corrected chi connectivity index (χ4v) is 3.87. The van der Waals surface area contributed by atoms with Crippen molar-refractivity contribution in [3.05, 3.63) is 49.0 Å². The first-order valence-electron chi connectivity index (χ1n) is 6.03. The molecule has 1 aliphatic rings. The molecule has 1 aromatic carbocycles. The van der Waals surface area contributed by atoms with E-state index in [1.165, 1.54) is 11.3 Å². The van der Waals surface area contributed by atoms with Gasteiger partial charge in [0.1, 0.15) is 11.9 Å². The first-order valence-corrected chi connectivity index (χ1v) is 8.43. The number of hydrogen-bond acceptors (Lipinski definition) is 3. The van der Waals surface area contributed by atoms with Crippen LogP contribution in [0.4, 0.5) is 0 Å². The molecule has 1 atom stereocenters. The fourth-order valence-electron chi connectivity index (χ4n) is 1.77. The lowest BCUT2D eigenvalue weighted by molar-refractivity contribution is 0.224. The van der Waals surface area contributed by atoms with E-state index in [1.807, 2.05) is 30.3 Å². The van der Waals surface area contributed by atoms with Crippen LogP contribution in [0.1, 0.15) is 29.4 Å². The molecule has 1 aromatic heterocycles. The third-order valence-corrected chi connectivity index (χ3v) is 6.27. The Morgan fingerprint density at radius 2 is 1.89 bits per heavy atom. The molecule has 0 radical (unpaired) electrons. The van der Waals surface area contributed by atoms with E-state index >= 15 is 0 Å². The molecule has 1 heterocycles. The van der Waals surface area contributed by atoms with Crippen molar-refractivity contribution in [3.8, 4) is 5.75 Å². The lowest BCUT2D eigenvalue weighted by atomic mass is 10.1. The second-order valence-corrected chi connectivity index (χ2v) is 7.82. The quantitative estimate of drug-likeness (QED) is 0.786. The van der Waals surface area contributed by atoms with Crippen LogP contribution in [0.5, 0.6) is 5.75 Å². The number of aliphatic hydroxyl groups excluding tert-OH is 1. The van der Waals surface area contributed by atoms with E-state index in [0.29, 0.717) is 6.10 Å². The minimum Gasteiger partial charge on any atom is -0.490 e. The van der Waals surface area contributed by atoms with E-state index in [-0.39, 0.29) is 0 Å². The predicted molar refractivity (Wildman–Crippen MR) is 83.9 cm³/mol. The first-order chi connectivity index (χ1) is 9.13. The Labute approximate surface area is 132 Å². The van der Waals surface area contributed by atoms with Gasteiger partial charge < -0.3 is 9.84 Å². The van der Waals surface area contributed by atoms with Crippen LogP contribution in [0, 0.1) is 0 Å². The Hall–Kier alpha value is -0.360. The molecule has 1 fully saturated rings. The van der Waals surface area contributed by atoms with E-state index in [0.717, 1.165) is 37.3 Å². The number of ether oxygens (including phenoxy) is 1. The number of benzene rings is 1. The van der Waals surface area contributed by atoms with E-state index < -0.39 is 6.10 Å². The van der Waals surface area contributed by atoms with Crippen molar-refractivity contribution in [2.75, 3.05) is 0 Å². The van der Waals surface area contributed by atoms with Crippen molar-refractivity contribution in [1.29, 1.82) is 0 Å². The van der Waals surface area contributed by atoms with Gasteiger partial charge in [-0.3, -0.25) is 0 Å². The molecule has 1 unspecified atom stereocenters. The summed E-state index contributed by atoms with van der Waals surface area (Å²) < 4.78 is 7.66. The zero-order valence-corrected chi connectivity index (χ0v) is 14.0. The van der Waals surface area contributed by atoms with Gasteiger partial charge in [-0.1, -0.05) is 12.1 Å². The highest BCUT2D eigenvalue weighted by Crippen LogP contribution is 2.38. The van der Waals surface area contributed by atoms with Gasteiger partial charge in [0.15, 0.2) is 0 Å². The summed E-state index contributed by atoms with van der Waals surface area (Å²) >= 11 is 8.41. The van der Waals surface area contributed by atoms with Gasteiger partial charge in [0, 0.05) is 9.35 Å². The highest BCUT2D eigenvalue weighted by molar-refractivity contribution is 9.13. The molecule has 0 saturated heterocycles. The van der Waals surface area contributed by atoms with E-state index in [2.05, 4.69) is 31.9 Å². The van der Waals surface area contributed by atoms with Crippen molar-refractivity contribution in [2.24, 2.45) is 0 Å². The molecule has 5 heteroatoms. The Morgan fingerprint density at radius 1 is 1.21 bits per heavy atom. The average Bonchev–Trinajstić information content (AvgIpc) is 3.15. The van der Waals surface area contributed by atoms with Gasteiger partial charge in [0.2, 0.25) is 0 Å². The maximum Gasteiger partial charge on any atom is 0.119 e. The molecule has 2 aromatic rings. The highest BCUT2D eigenvalue weighted by atomic mass is 79.9. The van der Waals surface area contributed by atoms with Gasteiger partial charge in [0.05, 0.1) is 9.89 Å². The van der Waals surface area contributed by atoms with Crippen molar-refractivity contribution in [3.63, 3.8) is 0 Å². The molecule has 1 saturated carbocycles. The Bertz CT molecular complexity index is 556. The Morgan fingerprint density at radius 3 is 2.42 bits per heavy atom. The molecule has 1 N–H and O–H groups in total. The molecular weight excluding hydrogens is 392 g/mol. The third kappa shape index (κ3) is 3.21. The normalized spacial score (nSPS) is 16.4. The molecule has 0 aliphatic heterocycles. The van der Waals surface area contributed by atoms with Crippen molar-refractivity contribution in [2.45, 2.75) is 25.0 Å². The van der Waals surface area contributed by atoms with Crippen LogP contribution in [0.25, 0.3) is 0 Å². The van der Waals surface area contributed by atoms with Crippen LogP contribution in [-0.2, 0) is 0 Å². The average molecular weight is 404 g/mol. The van der Waals surface area contributed by atoms with Gasteiger partial charge >= 0.3 is 0 Å². The van der Waals surface area contributed by atoms with Gasteiger partial charge in [-0.05, 0) is 68.5 Å². The summed E-state index contributed by atoms with van der Waals surface area (Å²) in [5.41, 5.74) is 0.879. The molecular formula is C14H12Br2O2S. The molecule has 19 heavy (non-hydrogen) atoms. The highest BCUT2D eigenvalue weighted by Gasteiger charge is 2.23. The minimum absolute atomic E-state index is 0.403. The van der Waals surface area contributed by atoms with Crippen LogP contribution in [0.2, 0.25) is 0 Å². The maximum atomic E-state index is 10.3. The van der Waals surface area contributed by atoms with E-state index in [1.54, 1.807) is 0 Å². The molecule has 0 spiro atoms. The number of halogens is 2. The summed E-state index contributed by atoms with van der Waals surface area (Å²) in [6, 6.07) is 9.63. The molecule has 1 aliphatic carbocycles. The van der Waals surface area contributed by atoms with E-state index in [4.69, 9.17) is 4.74 Å². The first kappa shape index (κ1) is 13.6. The third-order valence-electron chi connectivity index (χ3n) is 2.96. The molecule has 0 bridgehead atoms. The number of thiophene rings is 1. The van der Waals surface area contributed by atoms with Gasteiger partial charge in [-0.2, -0.15) is 0 Å². The van der Waals surface area contributed by atoms with Crippen molar-refractivity contribution < 1.29 is 9.84 Å². The minimum atomic E-state index is -0.595. The Kier molecular flexibility index (Phi) is 3.98. The van der Waals surface area contributed by atoms with Crippen LogP contribution >= 0.6 is 43.2 Å². The lowest BCUT2D eigenvalue weighted by Crippen LogP contribution is -1.99. The van der Waals surface area contributed by atoms with Gasteiger partial charge in [-0.25, -0.2) is 0 Å². The SMILES string of the molecule is OC(c1ccc(OC2CC2)cc1)c1cc(Br)c(Br)s1. The number of aliphatic hydroxyl groups is 1. The predicted octanol–water partition coefficient (Wildman–Crippen LogP) is 4.90. The van der Waals surface area contributed by atoms with Crippen molar-refractivity contribution in [1.82, 2.24) is 0 Å². The zero-order chi connectivity index (χ0) is 13.4. The standard InChI is InChI=1S/C14H12Br2O2S/c15-11-7-12(19-14(11)16)13(17)8-1-3-9(4-2-8)18-10-5-6-10/h1-4,7,10,13,17H,5-6H2. The molecule has 2 nitrogen and oxygen atoms in total. The molecule has 0 amide bonds. The largest absolute Gasteiger partial charge is 0.490 e. The fraction of sp³-hybridized carbons (Fsp3) is 0.286. The van der Waals surface area contributed by atoms with Crippen LogP contribution in [-0.4, -0.2) is 11.2 Å². The van der Waals surface area contributed by atoms with Crippen LogP contribution < -0.4 is 4.74 Å². The molecule has 100 valence electrons. The summed E-state index contributed by atoms with van der Waals surface area (Å²) in [5.74, 6) is 0.881. The molecule has 3 rings (SSSR count). The summed E-state index contributed by atoms with van der Waals surface area (Å²) in [4.78, 5) is 0.912. The zero-order valence-electron chi connectivity index (χ0n) is 9.98. The number of rotatable bonds is 4. The lowest BCUT2D eigenvalue weighted by Gasteiger charge is -2.10. The Balaban J connectivity index is 1.76. The number of hydrogen-bond donors (Lipinski definition) is 1. The van der Waals surface area contributed by atoms with Gasteiger partial charge in [-0.15, -0.1) is 11.3 Å².